The van der Waals surface area contributed by atoms with Gasteiger partial charge in [0.05, 0.1) is 6.61 Å². The standard InChI is InChI=1S/C12H23NO4/c1-9(14)11(16)13-7-5-6-10(15)17-8-12(2,3)4/h9,14H,5-8H2,1-4H3,(H,13,16). The van der Waals surface area contributed by atoms with Crippen molar-refractivity contribution in [3.8, 4) is 0 Å². The third-order valence-electron chi connectivity index (χ3n) is 1.90. The molecular weight excluding hydrogens is 222 g/mol. The predicted octanol–water partition coefficient (Wildman–Crippen LogP) is 0.853. The van der Waals surface area contributed by atoms with E-state index in [9.17, 15) is 9.59 Å². The van der Waals surface area contributed by atoms with Gasteiger partial charge in [0.15, 0.2) is 0 Å². The number of aliphatic hydroxyl groups is 1. The fourth-order valence-corrected chi connectivity index (χ4v) is 0.961. The van der Waals surface area contributed by atoms with Gasteiger partial charge in [-0.05, 0) is 18.8 Å². The second kappa shape index (κ2) is 7.27. The largest absolute Gasteiger partial charge is 0.465 e. The maximum Gasteiger partial charge on any atom is 0.305 e. The third-order valence-corrected chi connectivity index (χ3v) is 1.90. The Morgan fingerprint density at radius 3 is 2.41 bits per heavy atom. The molecule has 0 radical (unpaired) electrons. The van der Waals surface area contributed by atoms with Crippen molar-refractivity contribution in [2.24, 2.45) is 5.41 Å². The Labute approximate surface area is 103 Å². The summed E-state index contributed by atoms with van der Waals surface area (Å²) in [7, 11) is 0. The van der Waals surface area contributed by atoms with E-state index in [1.807, 2.05) is 20.8 Å². The fraction of sp³-hybridized carbons (Fsp3) is 0.833. The number of rotatable bonds is 6. The van der Waals surface area contributed by atoms with E-state index in [2.05, 4.69) is 5.32 Å². The zero-order valence-electron chi connectivity index (χ0n) is 11.1. The van der Waals surface area contributed by atoms with Gasteiger partial charge in [-0.1, -0.05) is 20.8 Å². The van der Waals surface area contributed by atoms with Crippen molar-refractivity contribution in [1.82, 2.24) is 5.32 Å². The van der Waals surface area contributed by atoms with Crippen LogP contribution in [0.5, 0.6) is 0 Å². The van der Waals surface area contributed by atoms with Gasteiger partial charge >= 0.3 is 5.97 Å². The van der Waals surface area contributed by atoms with E-state index in [0.717, 1.165) is 0 Å². The number of esters is 1. The Kier molecular flexibility index (Phi) is 6.80. The average Bonchev–Trinajstić information content (AvgIpc) is 2.20. The fourth-order valence-electron chi connectivity index (χ4n) is 0.961. The molecule has 17 heavy (non-hydrogen) atoms. The first kappa shape index (κ1) is 15.9. The van der Waals surface area contributed by atoms with Crippen LogP contribution in [-0.4, -0.2) is 36.2 Å². The molecule has 100 valence electrons. The predicted molar refractivity (Wildman–Crippen MR) is 64.3 cm³/mol. The summed E-state index contributed by atoms with van der Waals surface area (Å²) in [4.78, 5) is 22.3. The maximum atomic E-state index is 11.3. The van der Waals surface area contributed by atoms with Crippen LogP contribution < -0.4 is 5.32 Å². The van der Waals surface area contributed by atoms with Crippen LogP contribution in [-0.2, 0) is 14.3 Å². The Morgan fingerprint density at radius 1 is 1.35 bits per heavy atom. The van der Waals surface area contributed by atoms with Gasteiger partial charge in [-0.15, -0.1) is 0 Å². The molecule has 0 aliphatic heterocycles. The summed E-state index contributed by atoms with van der Waals surface area (Å²) < 4.78 is 5.06. The Hall–Kier alpha value is -1.10. The van der Waals surface area contributed by atoms with Gasteiger partial charge in [0.2, 0.25) is 5.91 Å². The minimum Gasteiger partial charge on any atom is -0.465 e. The summed E-state index contributed by atoms with van der Waals surface area (Å²) in [6, 6.07) is 0. The Balaban J connectivity index is 3.56. The molecule has 0 rings (SSSR count). The normalized spacial score (nSPS) is 13.0. The number of hydrogen-bond acceptors (Lipinski definition) is 4. The molecule has 0 aromatic heterocycles. The molecular formula is C12H23NO4. The molecule has 0 aliphatic rings. The minimum absolute atomic E-state index is 0.0316. The van der Waals surface area contributed by atoms with Crippen molar-refractivity contribution >= 4 is 11.9 Å². The van der Waals surface area contributed by atoms with Gasteiger partial charge in [-0.2, -0.15) is 0 Å². The quantitative estimate of drug-likeness (QED) is 0.537. The summed E-state index contributed by atoms with van der Waals surface area (Å²) in [5.41, 5.74) is -0.0316. The lowest BCUT2D eigenvalue weighted by Gasteiger charge is -2.17. The molecule has 0 fully saturated rings. The van der Waals surface area contributed by atoms with Crippen LogP contribution in [0.15, 0.2) is 0 Å². The SMILES string of the molecule is CC(O)C(=O)NCCCC(=O)OCC(C)(C)C. The molecule has 2 N–H and O–H groups in total. The first-order valence-electron chi connectivity index (χ1n) is 5.84. The molecule has 0 aromatic rings. The van der Waals surface area contributed by atoms with E-state index < -0.39 is 12.0 Å². The van der Waals surface area contributed by atoms with Gasteiger partial charge in [-0.25, -0.2) is 0 Å². The molecule has 5 heteroatoms. The van der Waals surface area contributed by atoms with Crippen molar-refractivity contribution in [3.63, 3.8) is 0 Å². The highest BCUT2D eigenvalue weighted by atomic mass is 16.5. The van der Waals surface area contributed by atoms with Crippen molar-refractivity contribution in [3.05, 3.63) is 0 Å². The lowest BCUT2D eigenvalue weighted by molar-refractivity contribution is -0.146. The van der Waals surface area contributed by atoms with E-state index in [1.165, 1.54) is 6.92 Å². The zero-order chi connectivity index (χ0) is 13.5. The van der Waals surface area contributed by atoms with E-state index in [-0.39, 0.29) is 17.8 Å². The molecule has 0 heterocycles. The second-order valence-electron chi connectivity index (χ2n) is 5.29. The summed E-state index contributed by atoms with van der Waals surface area (Å²) in [5.74, 6) is -0.681. The lowest BCUT2D eigenvalue weighted by Crippen LogP contribution is -2.33. The van der Waals surface area contributed by atoms with Crippen molar-refractivity contribution in [2.75, 3.05) is 13.2 Å². The van der Waals surface area contributed by atoms with Crippen molar-refractivity contribution in [1.29, 1.82) is 0 Å². The monoisotopic (exact) mass is 245 g/mol. The lowest BCUT2D eigenvalue weighted by atomic mass is 9.99. The summed E-state index contributed by atoms with van der Waals surface area (Å²) >= 11 is 0. The number of hydrogen-bond donors (Lipinski definition) is 2. The first-order valence-corrected chi connectivity index (χ1v) is 5.84. The van der Waals surface area contributed by atoms with Crippen LogP contribution in [0.25, 0.3) is 0 Å². The summed E-state index contributed by atoms with van der Waals surface area (Å²) in [6.45, 7) is 8.13. The van der Waals surface area contributed by atoms with Crippen molar-refractivity contribution < 1.29 is 19.4 Å². The first-order chi connectivity index (χ1) is 7.72. The highest BCUT2D eigenvalue weighted by Gasteiger charge is 2.13. The van der Waals surface area contributed by atoms with E-state index in [1.54, 1.807) is 0 Å². The highest BCUT2D eigenvalue weighted by molar-refractivity contribution is 5.80. The van der Waals surface area contributed by atoms with Crippen LogP contribution in [0.3, 0.4) is 0 Å². The molecule has 1 amide bonds. The number of carbonyl (C=O) groups is 2. The number of amides is 1. The molecule has 1 atom stereocenters. The highest BCUT2D eigenvalue weighted by Crippen LogP contribution is 2.13. The van der Waals surface area contributed by atoms with Crippen LogP contribution in [0.4, 0.5) is 0 Å². The Morgan fingerprint density at radius 2 is 1.94 bits per heavy atom. The molecule has 0 spiro atoms. The van der Waals surface area contributed by atoms with Crippen LogP contribution in [0.2, 0.25) is 0 Å². The molecule has 5 nitrogen and oxygen atoms in total. The average molecular weight is 245 g/mol. The minimum atomic E-state index is -1.01. The maximum absolute atomic E-state index is 11.3. The summed E-state index contributed by atoms with van der Waals surface area (Å²) in [5, 5.41) is 11.4. The van der Waals surface area contributed by atoms with Crippen LogP contribution in [0.1, 0.15) is 40.5 Å². The number of aliphatic hydroxyl groups excluding tert-OH is 1. The van der Waals surface area contributed by atoms with E-state index in [0.29, 0.717) is 19.6 Å². The van der Waals surface area contributed by atoms with Crippen LogP contribution >= 0.6 is 0 Å². The summed E-state index contributed by atoms with van der Waals surface area (Å²) in [6.07, 6.45) is -0.222. The zero-order valence-corrected chi connectivity index (χ0v) is 11.1. The number of ether oxygens (including phenoxy) is 1. The Bertz CT molecular complexity index is 256. The molecule has 0 aromatic carbocycles. The molecule has 0 saturated carbocycles. The van der Waals surface area contributed by atoms with Gasteiger partial charge in [0.25, 0.3) is 0 Å². The molecule has 0 saturated heterocycles. The smallest absolute Gasteiger partial charge is 0.305 e. The molecule has 0 bridgehead atoms. The van der Waals surface area contributed by atoms with E-state index in [4.69, 9.17) is 9.84 Å². The molecule has 0 aliphatic carbocycles. The van der Waals surface area contributed by atoms with Gasteiger partial charge in [0.1, 0.15) is 6.10 Å². The van der Waals surface area contributed by atoms with E-state index >= 15 is 0 Å². The third kappa shape index (κ3) is 9.81. The van der Waals surface area contributed by atoms with Crippen molar-refractivity contribution in [2.45, 2.75) is 46.6 Å². The van der Waals surface area contributed by atoms with Gasteiger partial charge in [0, 0.05) is 13.0 Å². The number of nitrogens with one attached hydrogen (secondary N) is 1. The molecule has 1 unspecified atom stereocenters. The second-order valence-corrected chi connectivity index (χ2v) is 5.29. The number of carbonyl (C=O) groups excluding carboxylic acids is 2. The topological polar surface area (TPSA) is 75.6 Å². The van der Waals surface area contributed by atoms with Gasteiger partial charge in [-0.3, -0.25) is 9.59 Å². The van der Waals surface area contributed by atoms with Crippen LogP contribution in [0, 0.1) is 5.41 Å². The van der Waals surface area contributed by atoms with Gasteiger partial charge < -0.3 is 15.2 Å².